The van der Waals surface area contributed by atoms with Crippen molar-refractivity contribution in [2.24, 2.45) is 0 Å². The van der Waals surface area contributed by atoms with E-state index in [1.54, 1.807) is 37.5 Å². The molecule has 3 aromatic rings. The summed E-state index contributed by atoms with van der Waals surface area (Å²) in [5, 5.41) is 14.2. The van der Waals surface area contributed by atoms with Crippen LogP contribution in [0.4, 0.5) is 5.69 Å². The summed E-state index contributed by atoms with van der Waals surface area (Å²) in [5.74, 6) is 0.752. The Hall–Kier alpha value is -3.78. The lowest BCUT2D eigenvalue weighted by atomic mass is 10.0. The lowest BCUT2D eigenvalue weighted by molar-refractivity contribution is -0.112. The first kappa shape index (κ1) is 19.0. The van der Waals surface area contributed by atoms with E-state index in [0.29, 0.717) is 29.4 Å². The Morgan fingerprint density at radius 3 is 2.71 bits per heavy atom. The van der Waals surface area contributed by atoms with Gasteiger partial charge in [-0.15, -0.1) is 0 Å². The quantitative estimate of drug-likeness (QED) is 0.499. The molecular formula is C23H20N2O3. The van der Waals surface area contributed by atoms with E-state index in [4.69, 9.17) is 9.47 Å². The zero-order valence-electron chi connectivity index (χ0n) is 15.7. The van der Waals surface area contributed by atoms with Gasteiger partial charge in [-0.25, -0.2) is 0 Å². The minimum absolute atomic E-state index is 0.0172. The number of benzene rings is 3. The second kappa shape index (κ2) is 8.74. The molecule has 0 spiro atoms. The summed E-state index contributed by atoms with van der Waals surface area (Å²) in [5.41, 5.74) is 1.23. The third-order valence-electron chi connectivity index (χ3n) is 4.21. The van der Waals surface area contributed by atoms with Crippen molar-refractivity contribution in [3.63, 3.8) is 0 Å². The molecule has 3 aromatic carbocycles. The number of carbonyl (C=O) groups is 1. The monoisotopic (exact) mass is 372 g/mol. The highest BCUT2D eigenvalue weighted by atomic mass is 16.5. The molecule has 0 fully saturated rings. The molecule has 0 aromatic heterocycles. The summed E-state index contributed by atoms with van der Waals surface area (Å²) in [4.78, 5) is 12.7. The standard InChI is InChI=1S/C23H20N2O3/c1-3-28-19-9-6-8-18(14-19)25-23(26)17(15-24)13-21-20-10-5-4-7-16(20)11-12-22(21)27-2/h4-14H,3H2,1-2H3,(H,25,26)/b17-13-. The van der Waals surface area contributed by atoms with Crippen molar-refractivity contribution >= 4 is 28.4 Å². The number of ether oxygens (including phenoxy) is 2. The smallest absolute Gasteiger partial charge is 0.266 e. The van der Waals surface area contributed by atoms with Crippen LogP contribution in [0.3, 0.4) is 0 Å². The van der Waals surface area contributed by atoms with E-state index in [0.717, 1.165) is 10.8 Å². The first-order valence-electron chi connectivity index (χ1n) is 8.88. The van der Waals surface area contributed by atoms with Gasteiger partial charge in [-0.2, -0.15) is 5.26 Å². The minimum Gasteiger partial charge on any atom is -0.496 e. The largest absolute Gasteiger partial charge is 0.496 e. The number of anilines is 1. The van der Waals surface area contributed by atoms with Gasteiger partial charge in [-0.1, -0.05) is 36.4 Å². The van der Waals surface area contributed by atoms with Crippen LogP contribution in [0.2, 0.25) is 0 Å². The fourth-order valence-electron chi connectivity index (χ4n) is 2.92. The van der Waals surface area contributed by atoms with Crippen LogP contribution in [0, 0.1) is 11.3 Å². The van der Waals surface area contributed by atoms with Crippen molar-refractivity contribution in [3.8, 4) is 17.6 Å². The van der Waals surface area contributed by atoms with Gasteiger partial charge < -0.3 is 14.8 Å². The lowest BCUT2D eigenvalue weighted by Crippen LogP contribution is -2.13. The zero-order valence-corrected chi connectivity index (χ0v) is 15.7. The van der Waals surface area contributed by atoms with Crippen LogP contribution in [0.1, 0.15) is 12.5 Å². The fourth-order valence-corrected chi connectivity index (χ4v) is 2.92. The van der Waals surface area contributed by atoms with Gasteiger partial charge in [0.2, 0.25) is 0 Å². The van der Waals surface area contributed by atoms with Gasteiger partial charge >= 0.3 is 0 Å². The number of nitrogens with one attached hydrogen (secondary N) is 1. The molecule has 28 heavy (non-hydrogen) atoms. The van der Waals surface area contributed by atoms with E-state index in [-0.39, 0.29) is 5.57 Å². The Morgan fingerprint density at radius 1 is 1.14 bits per heavy atom. The predicted molar refractivity (Wildman–Crippen MR) is 110 cm³/mol. The molecule has 0 unspecified atom stereocenters. The summed E-state index contributed by atoms with van der Waals surface area (Å²) in [6.07, 6.45) is 1.56. The number of nitriles is 1. The molecule has 3 rings (SSSR count). The van der Waals surface area contributed by atoms with Crippen molar-refractivity contribution in [1.29, 1.82) is 5.26 Å². The van der Waals surface area contributed by atoms with E-state index < -0.39 is 5.91 Å². The van der Waals surface area contributed by atoms with Crippen LogP contribution in [0.25, 0.3) is 16.8 Å². The highest BCUT2D eigenvalue weighted by Crippen LogP contribution is 2.30. The molecule has 140 valence electrons. The minimum atomic E-state index is -0.494. The van der Waals surface area contributed by atoms with Crippen molar-refractivity contribution in [3.05, 3.63) is 71.8 Å². The Kier molecular flexibility index (Phi) is 5.93. The molecule has 5 heteroatoms. The van der Waals surface area contributed by atoms with Crippen molar-refractivity contribution < 1.29 is 14.3 Å². The molecule has 0 aliphatic heterocycles. The average molecular weight is 372 g/mol. The van der Waals surface area contributed by atoms with Crippen LogP contribution < -0.4 is 14.8 Å². The molecule has 0 aliphatic carbocycles. The first-order chi connectivity index (χ1) is 13.7. The highest BCUT2D eigenvalue weighted by molar-refractivity contribution is 6.11. The average Bonchev–Trinajstić information content (AvgIpc) is 2.72. The van der Waals surface area contributed by atoms with Crippen LogP contribution in [0.15, 0.2) is 66.2 Å². The maximum atomic E-state index is 12.7. The van der Waals surface area contributed by atoms with E-state index in [2.05, 4.69) is 5.32 Å². The number of methoxy groups -OCH3 is 1. The van der Waals surface area contributed by atoms with Gasteiger partial charge in [0.25, 0.3) is 5.91 Å². The number of carbonyl (C=O) groups excluding carboxylic acids is 1. The number of amides is 1. The summed E-state index contributed by atoms with van der Waals surface area (Å²) in [6.45, 7) is 2.42. The van der Waals surface area contributed by atoms with Crippen LogP contribution in [-0.2, 0) is 4.79 Å². The van der Waals surface area contributed by atoms with E-state index >= 15 is 0 Å². The molecule has 1 N–H and O–H groups in total. The van der Waals surface area contributed by atoms with Gasteiger partial charge in [0.05, 0.1) is 13.7 Å². The third kappa shape index (κ3) is 4.13. The van der Waals surface area contributed by atoms with Crippen molar-refractivity contribution in [2.75, 3.05) is 19.0 Å². The molecule has 0 saturated carbocycles. The van der Waals surface area contributed by atoms with Crippen LogP contribution >= 0.6 is 0 Å². The second-order valence-electron chi connectivity index (χ2n) is 5.99. The number of fused-ring (bicyclic) bond motifs is 1. The second-order valence-corrected chi connectivity index (χ2v) is 5.99. The van der Waals surface area contributed by atoms with Gasteiger partial charge in [-0.05, 0) is 42.0 Å². The van der Waals surface area contributed by atoms with Gasteiger partial charge in [0.1, 0.15) is 23.1 Å². The molecule has 0 heterocycles. The van der Waals surface area contributed by atoms with Crippen molar-refractivity contribution in [2.45, 2.75) is 6.92 Å². The Labute approximate surface area is 163 Å². The highest BCUT2D eigenvalue weighted by Gasteiger charge is 2.13. The number of nitrogens with zero attached hydrogens (tertiary/aromatic N) is 1. The summed E-state index contributed by atoms with van der Waals surface area (Å²) < 4.78 is 10.9. The summed E-state index contributed by atoms with van der Waals surface area (Å²) in [7, 11) is 1.56. The molecule has 0 bridgehead atoms. The van der Waals surface area contributed by atoms with Crippen molar-refractivity contribution in [1.82, 2.24) is 0 Å². The maximum absolute atomic E-state index is 12.7. The normalized spacial score (nSPS) is 11.0. The number of rotatable bonds is 6. The molecule has 0 aliphatic rings. The Balaban J connectivity index is 1.96. The lowest BCUT2D eigenvalue weighted by Gasteiger charge is -2.10. The molecule has 0 radical (unpaired) electrons. The summed E-state index contributed by atoms with van der Waals surface area (Å²) >= 11 is 0. The number of hydrogen-bond donors (Lipinski definition) is 1. The predicted octanol–water partition coefficient (Wildman–Crippen LogP) is 4.79. The van der Waals surface area contributed by atoms with Gasteiger partial charge in [0, 0.05) is 17.3 Å². The molecule has 0 saturated heterocycles. The van der Waals surface area contributed by atoms with E-state index in [1.165, 1.54) is 0 Å². The van der Waals surface area contributed by atoms with Gasteiger partial charge in [0.15, 0.2) is 0 Å². The Morgan fingerprint density at radius 2 is 1.96 bits per heavy atom. The molecular weight excluding hydrogens is 352 g/mol. The summed E-state index contributed by atoms with van der Waals surface area (Å²) in [6, 6.07) is 20.6. The Bertz CT molecular complexity index is 1080. The molecule has 5 nitrogen and oxygen atoms in total. The SMILES string of the molecule is CCOc1cccc(NC(=O)/C(C#N)=C\c2c(OC)ccc3ccccc23)c1. The fraction of sp³-hybridized carbons (Fsp3) is 0.130. The maximum Gasteiger partial charge on any atom is 0.266 e. The number of hydrogen-bond acceptors (Lipinski definition) is 4. The topological polar surface area (TPSA) is 71.3 Å². The van der Waals surface area contributed by atoms with Gasteiger partial charge in [-0.3, -0.25) is 4.79 Å². The van der Waals surface area contributed by atoms with E-state index in [9.17, 15) is 10.1 Å². The zero-order chi connectivity index (χ0) is 19.9. The third-order valence-corrected chi connectivity index (χ3v) is 4.21. The van der Waals surface area contributed by atoms with E-state index in [1.807, 2.05) is 49.4 Å². The van der Waals surface area contributed by atoms with Crippen LogP contribution in [-0.4, -0.2) is 19.6 Å². The van der Waals surface area contributed by atoms with Crippen LogP contribution in [0.5, 0.6) is 11.5 Å². The first-order valence-corrected chi connectivity index (χ1v) is 8.88. The molecule has 0 atom stereocenters. The molecule has 1 amide bonds.